The summed E-state index contributed by atoms with van der Waals surface area (Å²) in [6.45, 7) is 5.38. The molecule has 1 amide bonds. The Morgan fingerprint density at radius 2 is 2.05 bits per heavy atom. The second-order valence-electron chi connectivity index (χ2n) is 6.41. The van der Waals surface area contributed by atoms with E-state index in [1.165, 1.54) is 4.68 Å². The summed E-state index contributed by atoms with van der Waals surface area (Å²) in [5.74, 6) is 0. The minimum absolute atomic E-state index is 0.156. The molecule has 1 N–H and O–H groups in total. The van der Waals surface area contributed by atoms with E-state index in [-0.39, 0.29) is 11.1 Å². The van der Waals surface area contributed by atoms with Crippen LogP contribution in [0.3, 0.4) is 0 Å². The van der Waals surface area contributed by atoms with E-state index in [4.69, 9.17) is 4.74 Å². The number of aromatic nitrogens is 2. The molecule has 1 aliphatic rings. The third-order valence-corrected chi connectivity index (χ3v) is 3.73. The number of halogens is 4. The molecule has 1 aromatic heterocycles. The lowest BCUT2D eigenvalue weighted by molar-refractivity contribution is -0.141. The van der Waals surface area contributed by atoms with E-state index in [1.807, 2.05) is 0 Å². The number of alkyl carbamates (subject to hydrolysis) is 1. The quantitative estimate of drug-likeness (QED) is 0.865. The van der Waals surface area contributed by atoms with Crippen LogP contribution >= 0.6 is 15.9 Å². The molecule has 124 valence electrons. The van der Waals surface area contributed by atoms with Crippen LogP contribution in [0.15, 0.2) is 10.7 Å². The van der Waals surface area contributed by atoms with Gasteiger partial charge in [0.25, 0.3) is 0 Å². The van der Waals surface area contributed by atoms with E-state index in [1.54, 1.807) is 20.8 Å². The van der Waals surface area contributed by atoms with Gasteiger partial charge in [0.05, 0.1) is 12.1 Å². The van der Waals surface area contributed by atoms with Crippen LogP contribution in [0.4, 0.5) is 18.0 Å². The number of nitrogens with zero attached hydrogens (tertiary/aromatic N) is 2. The maximum Gasteiger partial charge on any atom is 0.435 e. The van der Waals surface area contributed by atoms with Crippen LogP contribution in [-0.2, 0) is 17.5 Å². The first-order chi connectivity index (χ1) is 9.90. The molecule has 0 saturated heterocycles. The molecule has 0 unspecified atom stereocenters. The summed E-state index contributed by atoms with van der Waals surface area (Å²) in [5.41, 5.74) is -2.19. The van der Waals surface area contributed by atoms with Crippen molar-refractivity contribution in [3.63, 3.8) is 0 Å². The number of rotatable bonds is 3. The van der Waals surface area contributed by atoms with Gasteiger partial charge in [-0.2, -0.15) is 18.3 Å². The van der Waals surface area contributed by atoms with Gasteiger partial charge in [0, 0.05) is 6.07 Å². The van der Waals surface area contributed by atoms with Gasteiger partial charge in [-0.05, 0) is 49.5 Å². The van der Waals surface area contributed by atoms with E-state index in [0.717, 1.165) is 6.07 Å². The molecule has 0 radical (unpaired) electrons. The van der Waals surface area contributed by atoms with Gasteiger partial charge in [0.15, 0.2) is 5.69 Å². The average molecular weight is 384 g/mol. The number of hydrogen-bond acceptors (Lipinski definition) is 3. The van der Waals surface area contributed by atoms with Crippen LogP contribution in [0.2, 0.25) is 0 Å². The van der Waals surface area contributed by atoms with E-state index >= 15 is 0 Å². The predicted octanol–water partition coefficient (Wildman–Crippen LogP) is 3.72. The molecule has 2 rings (SSSR count). The lowest BCUT2D eigenvalue weighted by Crippen LogP contribution is -2.43. The standard InChI is InChI=1S/C13H17BrF3N3O2/c1-11(2,3)22-10(21)18-12(4-5-12)7-20-9(14)6-8(19-20)13(15,16)17/h6H,4-5,7H2,1-3H3,(H,18,21). The molecule has 0 bridgehead atoms. The molecule has 0 spiro atoms. The molecular weight excluding hydrogens is 367 g/mol. The minimum Gasteiger partial charge on any atom is -0.444 e. The fourth-order valence-corrected chi connectivity index (χ4v) is 2.35. The predicted molar refractivity (Wildman–Crippen MR) is 76.3 cm³/mol. The van der Waals surface area contributed by atoms with Gasteiger partial charge < -0.3 is 10.1 Å². The zero-order chi connectivity index (χ0) is 16.8. The Morgan fingerprint density at radius 1 is 1.45 bits per heavy atom. The number of ether oxygens (including phenoxy) is 1. The van der Waals surface area contributed by atoms with E-state index in [2.05, 4.69) is 26.3 Å². The number of hydrogen-bond donors (Lipinski definition) is 1. The largest absolute Gasteiger partial charge is 0.444 e. The summed E-state index contributed by atoms with van der Waals surface area (Å²) in [6, 6.07) is 0.920. The van der Waals surface area contributed by atoms with Gasteiger partial charge in [-0.15, -0.1) is 0 Å². The van der Waals surface area contributed by atoms with Crippen molar-refractivity contribution in [2.24, 2.45) is 0 Å². The third kappa shape index (κ3) is 4.37. The lowest BCUT2D eigenvalue weighted by Gasteiger charge is -2.23. The van der Waals surface area contributed by atoms with Gasteiger partial charge in [-0.3, -0.25) is 4.68 Å². The summed E-state index contributed by atoms with van der Waals surface area (Å²) < 4.78 is 44.5. The van der Waals surface area contributed by atoms with E-state index in [0.29, 0.717) is 12.8 Å². The van der Waals surface area contributed by atoms with Crippen molar-refractivity contribution in [1.82, 2.24) is 15.1 Å². The summed E-state index contributed by atoms with van der Waals surface area (Å²) in [4.78, 5) is 11.8. The monoisotopic (exact) mass is 383 g/mol. The van der Waals surface area contributed by atoms with Crippen molar-refractivity contribution in [2.75, 3.05) is 0 Å². The van der Waals surface area contributed by atoms with Crippen molar-refractivity contribution < 1.29 is 22.7 Å². The normalized spacial score (nSPS) is 17.2. The molecule has 1 aliphatic carbocycles. The molecule has 0 aliphatic heterocycles. The molecule has 5 nitrogen and oxygen atoms in total. The number of carbonyl (C=O) groups excluding carboxylic acids is 1. The maximum absolute atomic E-state index is 12.6. The number of alkyl halides is 3. The second kappa shape index (κ2) is 5.43. The Kier molecular flexibility index (Phi) is 4.23. The van der Waals surface area contributed by atoms with Crippen molar-refractivity contribution in [3.8, 4) is 0 Å². The SMILES string of the molecule is CC(C)(C)OC(=O)NC1(Cn2nc(C(F)(F)F)cc2Br)CC1. The summed E-state index contributed by atoms with van der Waals surface area (Å²) in [5, 5.41) is 6.26. The van der Waals surface area contributed by atoms with E-state index in [9.17, 15) is 18.0 Å². The molecule has 1 aromatic rings. The summed E-state index contributed by atoms with van der Waals surface area (Å²) in [6.07, 6.45) is -3.74. The Labute approximate surface area is 134 Å². The Morgan fingerprint density at radius 3 is 2.45 bits per heavy atom. The van der Waals surface area contributed by atoms with Gasteiger partial charge >= 0.3 is 12.3 Å². The smallest absolute Gasteiger partial charge is 0.435 e. The third-order valence-electron chi connectivity index (χ3n) is 3.09. The Bertz CT molecular complexity index is 574. The first kappa shape index (κ1) is 17.1. The topological polar surface area (TPSA) is 56.1 Å². The molecule has 0 aromatic carbocycles. The molecule has 0 atom stereocenters. The van der Waals surface area contributed by atoms with Crippen LogP contribution in [0, 0.1) is 0 Å². The van der Waals surface area contributed by atoms with Crippen molar-refractivity contribution in [2.45, 2.75) is 57.5 Å². The lowest BCUT2D eigenvalue weighted by atomic mass is 10.2. The first-order valence-corrected chi connectivity index (χ1v) is 7.51. The Hall–Kier alpha value is -1.25. The Balaban J connectivity index is 2.04. The highest BCUT2D eigenvalue weighted by Crippen LogP contribution is 2.39. The van der Waals surface area contributed by atoms with Gasteiger partial charge in [0.2, 0.25) is 0 Å². The van der Waals surface area contributed by atoms with Gasteiger partial charge in [-0.1, -0.05) is 0 Å². The molecule has 1 saturated carbocycles. The number of carbonyl (C=O) groups is 1. The highest BCUT2D eigenvalue weighted by atomic mass is 79.9. The van der Waals surface area contributed by atoms with Crippen LogP contribution < -0.4 is 5.32 Å². The van der Waals surface area contributed by atoms with Crippen molar-refractivity contribution >= 4 is 22.0 Å². The molecule has 1 heterocycles. The molecular formula is C13H17BrF3N3O2. The number of amides is 1. The first-order valence-electron chi connectivity index (χ1n) is 6.72. The minimum atomic E-state index is -4.50. The van der Waals surface area contributed by atoms with Crippen molar-refractivity contribution in [3.05, 3.63) is 16.4 Å². The average Bonchev–Trinajstić information content (AvgIpc) is 2.91. The molecule has 9 heteroatoms. The van der Waals surface area contributed by atoms with Crippen LogP contribution in [-0.4, -0.2) is 27.0 Å². The van der Waals surface area contributed by atoms with Crippen LogP contribution in [0.5, 0.6) is 0 Å². The maximum atomic E-state index is 12.6. The fraction of sp³-hybridized carbons (Fsp3) is 0.692. The summed E-state index contributed by atoms with van der Waals surface area (Å²) >= 11 is 3.06. The highest BCUT2D eigenvalue weighted by Gasteiger charge is 2.46. The van der Waals surface area contributed by atoms with E-state index < -0.39 is 29.1 Å². The second-order valence-corrected chi connectivity index (χ2v) is 7.23. The molecule has 1 fully saturated rings. The molecule has 22 heavy (non-hydrogen) atoms. The van der Waals surface area contributed by atoms with Crippen molar-refractivity contribution in [1.29, 1.82) is 0 Å². The summed E-state index contributed by atoms with van der Waals surface area (Å²) in [7, 11) is 0. The van der Waals surface area contributed by atoms with Gasteiger partial charge in [0.1, 0.15) is 10.2 Å². The fourth-order valence-electron chi connectivity index (χ4n) is 1.92. The number of nitrogens with one attached hydrogen (secondary N) is 1. The zero-order valence-electron chi connectivity index (χ0n) is 12.4. The van der Waals surface area contributed by atoms with Crippen LogP contribution in [0.1, 0.15) is 39.3 Å². The highest BCUT2D eigenvalue weighted by molar-refractivity contribution is 9.10. The zero-order valence-corrected chi connectivity index (χ0v) is 14.0. The van der Waals surface area contributed by atoms with Gasteiger partial charge in [-0.25, -0.2) is 4.79 Å². The van der Waals surface area contributed by atoms with Crippen LogP contribution in [0.25, 0.3) is 0 Å².